The van der Waals surface area contributed by atoms with Crippen LogP contribution in [0.2, 0.25) is 10.0 Å². The van der Waals surface area contributed by atoms with Gasteiger partial charge >= 0.3 is 0 Å². The van der Waals surface area contributed by atoms with Gasteiger partial charge in [0.15, 0.2) is 0 Å². The summed E-state index contributed by atoms with van der Waals surface area (Å²) in [5.74, 6) is 0.114. The van der Waals surface area contributed by atoms with Gasteiger partial charge in [0.2, 0.25) is 5.91 Å². The van der Waals surface area contributed by atoms with Crippen LogP contribution in [0.3, 0.4) is 0 Å². The quantitative estimate of drug-likeness (QED) is 0.886. The molecule has 1 saturated heterocycles. The van der Waals surface area contributed by atoms with Gasteiger partial charge in [-0.05, 0) is 29.5 Å². The van der Waals surface area contributed by atoms with Gasteiger partial charge in [0.25, 0.3) is 0 Å². The smallest absolute Gasteiger partial charge is 0.227 e. The van der Waals surface area contributed by atoms with Crippen molar-refractivity contribution in [3.05, 3.63) is 33.8 Å². The Morgan fingerprint density at radius 2 is 2.05 bits per heavy atom. The van der Waals surface area contributed by atoms with E-state index in [0.717, 1.165) is 18.5 Å². The second-order valence-electron chi connectivity index (χ2n) is 6.12. The zero-order valence-electron chi connectivity index (χ0n) is 12.2. The molecule has 6 heteroatoms. The molecule has 0 aromatic heterocycles. The normalized spacial score (nSPS) is 20.8. The van der Waals surface area contributed by atoms with Gasteiger partial charge in [-0.1, -0.05) is 43.1 Å². The molecule has 1 unspecified atom stereocenters. The summed E-state index contributed by atoms with van der Waals surface area (Å²) < 4.78 is 0. The molecule has 0 radical (unpaired) electrons. The average molecular weight is 352 g/mol. The average Bonchev–Trinajstić information content (AvgIpc) is 2.37. The van der Waals surface area contributed by atoms with Crippen LogP contribution in [0.5, 0.6) is 0 Å². The number of hydrogen-bond donors (Lipinski definition) is 1. The molecule has 21 heavy (non-hydrogen) atoms. The molecule has 2 rings (SSSR count). The van der Waals surface area contributed by atoms with E-state index in [4.69, 9.17) is 28.9 Å². The van der Waals surface area contributed by atoms with Crippen LogP contribution in [0.1, 0.15) is 25.8 Å². The van der Waals surface area contributed by atoms with Crippen LogP contribution in [0.15, 0.2) is 18.2 Å². The lowest BCUT2D eigenvalue weighted by Crippen LogP contribution is -2.54. The minimum Gasteiger partial charge on any atom is -0.342 e. The van der Waals surface area contributed by atoms with Crippen LogP contribution in [0.25, 0.3) is 0 Å². The lowest BCUT2D eigenvalue weighted by Gasteiger charge is -2.42. The molecule has 0 bridgehead atoms. The highest BCUT2D eigenvalue weighted by Crippen LogP contribution is 2.28. The highest BCUT2D eigenvalue weighted by molar-refractivity contribution is 6.42. The standard InChI is InChI=1S/C15H20Cl2N2O.ClH/c1-15(2)9-19(6-5-13(15)18)14(20)8-10-3-4-11(16)12(17)7-10;/h3-4,7,13H,5-6,8-9,18H2,1-2H3;1H. The Morgan fingerprint density at radius 3 is 2.62 bits per heavy atom. The maximum Gasteiger partial charge on any atom is 0.227 e. The number of piperidine rings is 1. The highest BCUT2D eigenvalue weighted by Gasteiger charge is 2.35. The second-order valence-corrected chi connectivity index (χ2v) is 6.94. The molecule has 2 N–H and O–H groups in total. The molecule has 1 fully saturated rings. The lowest BCUT2D eigenvalue weighted by molar-refractivity contribution is -0.133. The second kappa shape index (κ2) is 7.19. The van der Waals surface area contributed by atoms with Crippen LogP contribution in [-0.4, -0.2) is 29.9 Å². The minimum absolute atomic E-state index is 0. The number of halogens is 3. The van der Waals surface area contributed by atoms with Gasteiger partial charge in [-0.25, -0.2) is 0 Å². The lowest BCUT2D eigenvalue weighted by atomic mass is 9.79. The summed E-state index contributed by atoms with van der Waals surface area (Å²) in [5.41, 5.74) is 6.94. The number of benzene rings is 1. The van der Waals surface area contributed by atoms with Gasteiger partial charge in [0.1, 0.15) is 0 Å². The first-order chi connectivity index (χ1) is 9.29. The molecule has 1 atom stereocenters. The summed E-state index contributed by atoms with van der Waals surface area (Å²) in [5, 5.41) is 0.992. The fourth-order valence-corrected chi connectivity index (χ4v) is 2.84. The van der Waals surface area contributed by atoms with Crippen molar-refractivity contribution in [1.29, 1.82) is 0 Å². The summed E-state index contributed by atoms with van der Waals surface area (Å²) in [6, 6.07) is 5.47. The van der Waals surface area contributed by atoms with Crippen molar-refractivity contribution in [2.45, 2.75) is 32.7 Å². The van der Waals surface area contributed by atoms with Crippen molar-refractivity contribution in [2.24, 2.45) is 11.1 Å². The number of likely N-dealkylation sites (tertiary alicyclic amines) is 1. The topological polar surface area (TPSA) is 46.3 Å². The predicted octanol–water partition coefficient (Wildman–Crippen LogP) is 3.54. The summed E-state index contributed by atoms with van der Waals surface area (Å²) in [7, 11) is 0. The number of rotatable bonds is 2. The molecule has 1 aliphatic heterocycles. The van der Waals surface area contributed by atoms with E-state index in [2.05, 4.69) is 13.8 Å². The first-order valence-electron chi connectivity index (χ1n) is 6.77. The SMILES string of the molecule is CC1(C)CN(C(=O)Cc2ccc(Cl)c(Cl)c2)CCC1N.Cl. The Hall–Kier alpha value is -0.480. The van der Waals surface area contributed by atoms with E-state index < -0.39 is 0 Å². The molecule has 1 amide bonds. The van der Waals surface area contributed by atoms with Crippen molar-refractivity contribution in [1.82, 2.24) is 4.90 Å². The monoisotopic (exact) mass is 350 g/mol. The molecule has 1 aromatic carbocycles. The molecule has 1 aliphatic rings. The molecule has 1 aromatic rings. The summed E-state index contributed by atoms with van der Waals surface area (Å²) in [6.07, 6.45) is 1.20. The molecule has 0 saturated carbocycles. The van der Waals surface area contributed by atoms with Crippen molar-refractivity contribution in [3.63, 3.8) is 0 Å². The van der Waals surface area contributed by atoms with Gasteiger partial charge < -0.3 is 10.6 Å². The van der Waals surface area contributed by atoms with E-state index in [1.807, 2.05) is 11.0 Å². The fraction of sp³-hybridized carbons (Fsp3) is 0.533. The molecule has 118 valence electrons. The number of nitrogens with zero attached hydrogens (tertiary/aromatic N) is 1. The Morgan fingerprint density at radius 1 is 1.38 bits per heavy atom. The van der Waals surface area contributed by atoms with E-state index in [-0.39, 0.29) is 29.8 Å². The third-order valence-corrected chi connectivity index (χ3v) is 4.74. The van der Waals surface area contributed by atoms with Crippen LogP contribution in [-0.2, 0) is 11.2 Å². The third kappa shape index (κ3) is 4.49. The Balaban J connectivity index is 0.00000220. The van der Waals surface area contributed by atoms with E-state index in [1.54, 1.807) is 12.1 Å². The largest absolute Gasteiger partial charge is 0.342 e. The van der Waals surface area contributed by atoms with E-state index >= 15 is 0 Å². The first kappa shape index (κ1) is 18.6. The van der Waals surface area contributed by atoms with Crippen LogP contribution >= 0.6 is 35.6 Å². The molecule has 3 nitrogen and oxygen atoms in total. The van der Waals surface area contributed by atoms with E-state index in [9.17, 15) is 4.79 Å². The predicted molar refractivity (Wildman–Crippen MR) is 90.4 cm³/mol. The number of carbonyl (C=O) groups is 1. The number of nitrogens with two attached hydrogens (primary N) is 1. The van der Waals surface area contributed by atoms with Gasteiger partial charge in [-0.2, -0.15) is 0 Å². The van der Waals surface area contributed by atoms with Crippen molar-refractivity contribution in [2.75, 3.05) is 13.1 Å². The van der Waals surface area contributed by atoms with Crippen molar-refractivity contribution >= 4 is 41.5 Å². The van der Waals surface area contributed by atoms with Crippen molar-refractivity contribution < 1.29 is 4.79 Å². The minimum atomic E-state index is -0.0362. The Kier molecular flexibility index (Phi) is 6.36. The van der Waals surface area contributed by atoms with Gasteiger partial charge in [-0.15, -0.1) is 12.4 Å². The van der Waals surface area contributed by atoms with Gasteiger partial charge in [0.05, 0.1) is 16.5 Å². The Bertz CT molecular complexity index is 520. The van der Waals surface area contributed by atoms with Gasteiger partial charge in [0, 0.05) is 19.1 Å². The van der Waals surface area contributed by atoms with Crippen LogP contribution in [0.4, 0.5) is 0 Å². The maximum atomic E-state index is 12.4. The van der Waals surface area contributed by atoms with Crippen molar-refractivity contribution in [3.8, 4) is 0 Å². The molecule has 1 heterocycles. The summed E-state index contributed by atoms with van der Waals surface area (Å²) >= 11 is 11.9. The maximum absolute atomic E-state index is 12.4. The fourth-order valence-electron chi connectivity index (χ4n) is 2.52. The highest BCUT2D eigenvalue weighted by atomic mass is 35.5. The van der Waals surface area contributed by atoms with E-state index in [0.29, 0.717) is 23.0 Å². The number of carbonyl (C=O) groups excluding carboxylic acids is 1. The van der Waals surface area contributed by atoms with Crippen LogP contribution < -0.4 is 5.73 Å². The molecule has 0 aliphatic carbocycles. The molecular formula is C15H21Cl3N2O. The van der Waals surface area contributed by atoms with E-state index in [1.165, 1.54) is 0 Å². The van der Waals surface area contributed by atoms with Gasteiger partial charge in [-0.3, -0.25) is 4.79 Å². The Labute approximate surface area is 142 Å². The zero-order chi connectivity index (χ0) is 14.9. The molecule has 0 spiro atoms. The molecular weight excluding hydrogens is 331 g/mol. The first-order valence-corrected chi connectivity index (χ1v) is 7.52. The van der Waals surface area contributed by atoms with Crippen LogP contribution in [0, 0.1) is 5.41 Å². The zero-order valence-corrected chi connectivity index (χ0v) is 14.6. The number of hydrogen-bond acceptors (Lipinski definition) is 2. The third-order valence-electron chi connectivity index (χ3n) is 4.00. The summed E-state index contributed by atoms with van der Waals surface area (Å²) in [4.78, 5) is 14.3. The number of amides is 1. The summed E-state index contributed by atoms with van der Waals surface area (Å²) in [6.45, 7) is 5.64.